The van der Waals surface area contributed by atoms with E-state index in [2.05, 4.69) is 25.4 Å². The summed E-state index contributed by atoms with van der Waals surface area (Å²) in [6.07, 6.45) is 5.62. The van der Waals surface area contributed by atoms with Crippen LogP contribution < -0.4 is 5.32 Å². The lowest BCUT2D eigenvalue weighted by atomic mass is 10.0. The zero-order chi connectivity index (χ0) is 13.4. The highest BCUT2D eigenvalue weighted by Crippen LogP contribution is 2.31. The van der Waals surface area contributed by atoms with Gasteiger partial charge in [0.1, 0.15) is 0 Å². The highest BCUT2D eigenvalue weighted by molar-refractivity contribution is 8.14. The maximum atomic E-state index is 5.11. The maximum absolute atomic E-state index is 5.11. The standard InChI is InChI=1S/C13H26N2OS2/c1-5-13(6-2,17-4)10-14-12-15-11(9-18-12)7-8-16-3/h11H,5-10H2,1-4H3,(H,14,15). The van der Waals surface area contributed by atoms with Crippen molar-refractivity contribution in [2.45, 2.75) is 43.9 Å². The van der Waals surface area contributed by atoms with Crippen molar-refractivity contribution in [2.75, 3.05) is 32.3 Å². The third-order valence-corrected chi connectivity index (χ3v) is 6.31. The van der Waals surface area contributed by atoms with Gasteiger partial charge in [-0.2, -0.15) is 11.8 Å². The molecule has 0 bridgehead atoms. The zero-order valence-electron chi connectivity index (χ0n) is 12.0. The number of hydrogen-bond acceptors (Lipinski definition) is 4. The number of nitrogens with zero attached hydrogens (tertiary/aromatic N) is 1. The summed E-state index contributed by atoms with van der Waals surface area (Å²) in [4.78, 5) is 4.77. The average Bonchev–Trinajstić information content (AvgIpc) is 2.87. The van der Waals surface area contributed by atoms with Gasteiger partial charge in [0.25, 0.3) is 0 Å². The molecule has 0 aromatic heterocycles. The summed E-state index contributed by atoms with van der Waals surface area (Å²) in [7, 11) is 1.76. The van der Waals surface area contributed by atoms with Crippen molar-refractivity contribution in [1.29, 1.82) is 0 Å². The Morgan fingerprint density at radius 3 is 2.78 bits per heavy atom. The summed E-state index contributed by atoms with van der Waals surface area (Å²) < 4.78 is 5.43. The lowest BCUT2D eigenvalue weighted by Gasteiger charge is -2.27. The van der Waals surface area contributed by atoms with Crippen molar-refractivity contribution in [3.8, 4) is 0 Å². The molecule has 0 radical (unpaired) electrons. The number of methoxy groups -OCH3 is 1. The first-order valence-electron chi connectivity index (χ1n) is 6.67. The summed E-state index contributed by atoms with van der Waals surface area (Å²) in [5, 5.41) is 4.62. The Morgan fingerprint density at radius 2 is 2.22 bits per heavy atom. The lowest BCUT2D eigenvalue weighted by Crippen LogP contribution is -2.31. The Labute approximate surface area is 120 Å². The molecular formula is C13H26N2OS2. The highest BCUT2D eigenvalue weighted by Gasteiger charge is 2.26. The van der Waals surface area contributed by atoms with E-state index in [-0.39, 0.29) is 0 Å². The fourth-order valence-electron chi connectivity index (χ4n) is 1.99. The smallest absolute Gasteiger partial charge is 0.156 e. The van der Waals surface area contributed by atoms with Crippen LogP contribution in [0.25, 0.3) is 0 Å². The van der Waals surface area contributed by atoms with Gasteiger partial charge in [0.2, 0.25) is 0 Å². The fourth-order valence-corrected chi connectivity index (χ4v) is 3.77. The molecule has 1 unspecified atom stereocenters. The molecule has 1 aliphatic heterocycles. The first-order valence-corrected chi connectivity index (χ1v) is 8.88. The molecule has 1 heterocycles. The van der Waals surface area contributed by atoms with E-state index >= 15 is 0 Å². The number of thioether (sulfide) groups is 2. The van der Waals surface area contributed by atoms with E-state index in [0.717, 1.165) is 30.5 Å². The van der Waals surface area contributed by atoms with E-state index in [1.165, 1.54) is 12.8 Å². The quantitative estimate of drug-likeness (QED) is 0.745. The van der Waals surface area contributed by atoms with Gasteiger partial charge in [-0.05, 0) is 25.5 Å². The first kappa shape index (κ1) is 16.2. The molecule has 0 aliphatic carbocycles. The van der Waals surface area contributed by atoms with Crippen LogP contribution in [0.2, 0.25) is 0 Å². The van der Waals surface area contributed by atoms with Gasteiger partial charge in [0.15, 0.2) is 5.17 Å². The van der Waals surface area contributed by atoms with Crippen LogP contribution in [-0.4, -0.2) is 48.2 Å². The van der Waals surface area contributed by atoms with E-state index < -0.39 is 0 Å². The summed E-state index contributed by atoms with van der Waals surface area (Å²) in [6.45, 7) is 6.27. The highest BCUT2D eigenvalue weighted by atomic mass is 32.2. The van der Waals surface area contributed by atoms with Gasteiger partial charge in [-0.3, -0.25) is 4.99 Å². The summed E-state index contributed by atoms with van der Waals surface area (Å²) in [6, 6.07) is 0.528. The van der Waals surface area contributed by atoms with Gasteiger partial charge in [-0.25, -0.2) is 0 Å². The van der Waals surface area contributed by atoms with E-state index in [9.17, 15) is 0 Å². The molecular weight excluding hydrogens is 264 g/mol. The zero-order valence-corrected chi connectivity index (χ0v) is 13.6. The molecule has 0 saturated carbocycles. The monoisotopic (exact) mass is 290 g/mol. The molecule has 0 aromatic rings. The van der Waals surface area contributed by atoms with Gasteiger partial charge in [-0.1, -0.05) is 25.6 Å². The number of nitrogens with one attached hydrogen (secondary N) is 1. The predicted molar refractivity (Wildman–Crippen MR) is 85.0 cm³/mol. The minimum Gasteiger partial charge on any atom is -0.385 e. The van der Waals surface area contributed by atoms with Crippen LogP contribution in [0.15, 0.2) is 4.99 Å². The van der Waals surface area contributed by atoms with Crippen molar-refractivity contribution >= 4 is 28.7 Å². The van der Waals surface area contributed by atoms with Crippen LogP contribution >= 0.6 is 23.5 Å². The van der Waals surface area contributed by atoms with Crippen molar-refractivity contribution in [1.82, 2.24) is 5.32 Å². The Kier molecular flexibility index (Phi) is 7.49. The molecule has 1 atom stereocenters. The van der Waals surface area contributed by atoms with Crippen LogP contribution in [0, 0.1) is 0 Å². The van der Waals surface area contributed by atoms with Crippen LogP contribution in [0.1, 0.15) is 33.1 Å². The maximum Gasteiger partial charge on any atom is 0.156 e. The van der Waals surface area contributed by atoms with Crippen LogP contribution in [0.5, 0.6) is 0 Å². The van der Waals surface area contributed by atoms with E-state index in [1.807, 2.05) is 23.5 Å². The molecule has 3 nitrogen and oxygen atoms in total. The lowest BCUT2D eigenvalue weighted by molar-refractivity contribution is 0.188. The predicted octanol–water partition coefficient (Wildman–Crippen LogP) is 3.01. The largest absolute Gasteiger partial charge is 0.385 e. The number of hydrogen-bond donors (Lipinski definition) is 1. The second kappa shape index (κ2) is 8.33. The Bertz CT molecular complexity index is 259. The van der Waals surface area contributed by atoms with Gasteiger partial charge in [0, 0.05) is 30.3 Å². The van der Waals surface area contributed by atoms with Crippen LogP contribution in [-0.2, 0) is 4.74 Å². The molecule has 5 heteroatoms. The normalized spacial score (nSPS) is 22.4. The molecule has 0 aromatic carbocycles. The van der Waals surface area contributed by atoms with E-state index in [4.69, 9.17) is 9.73 Å². The summed E-state index contributed by atoms with van der Waals surface area (Å²) in [5.74, 6) is 1.12. The third-order valence-electron chi connectivity index (χ3n) is 3.65. The minimum atomic E-state index is 0.319. The van der Waals surface area contributed by atoms with E-state index in [0.29, 0.717) is 10.8 Å². The van der Waals surface area contributed by atoms with Crippen LogP contribution in [0.3, 0.4) is 0 Å². The number of aliphatic imine (C=N–C) groups is 1. The van der Waals surface area contributed by atoms with Gasteiger partial charge in [-0.15, -0.1) is 0 Å². The SMILES string of the molecule is CCC(CC)(CN=C1NC(CCOC)CS1)SC. The fraction of sp³-hybridized carbons (Fsp3) is 0.923. The molecule has 1 aliphatic rings. The topological polar surface area (TPSA) is 33.6 Å². The number of ether oxygens (including phenoxy) is 1. The van der Waals surface area contributed by atoms with Crippen molar-refractivity contribution in [3.63, 3.8) is 0 Å². The van der Waals surface area contributed by atoms with Gasteiger partial charge < -0.3 is 10.1 Å². The summed E-state index contributed by atoms with van der Waals surface area (Å²) >= 11 is 3.80. The van der Waals surface area contributed by atoms with Gasteiger partial charge >= 0.3 is 0 Å². The van der Waals surface area contributed by atoms with Crippen molar-refractivity contribution in [2.24, 2.45) is 4.99 Å². The van der Waals surface area contributed by atoms with Crippen molar-refractivity contribution < 1.29 is 4.74 Å². The molecule has 106 valence electrons. The molecule has 0 spiro atoms. The molecule has 18 heavy (non-hydrogen) atoms. The Balaban J connectivity index is 2.44. The van der Waals surface area contributed by atoms with Crippen molar-refractivity contribution in [3.05, 3.63) is 0 Å². The molecule has 1 saturated heterocycles. The third kappa shape index (κ3) is 4.67. The van der Waals surface area contributed by atoms with E-state index in [1.54, 1.807) is 7.11 Å². The molecule has 1 fully saturated rings. The second-order valence-electron chi connectivity index (χ2n) is 4.65. The molecule has 0 amide bonds. The Hall–Kier alpha value is 0.130. The summed E-state index contributed by atoms with van der Waals surface area (Å²) in [5.41, 5.74) is 0. The van der Waals surface area contributed by atoms with Crippen LogP contribution in [0.4, 0.5) is 0 Å². The average molecular weight is 290 g/mol. The Morgan fingerprint density at radius 1 is 1.50 bits per heavy atom. The molecule has 1 rings (SSSR count). The number of rotatable bonds is 8. The second-order valence-corrected chi connectivity index (χ2v) is 6.93. The number of amidine groups is 1. The molecule has 1 N–H and O–H groups in total. The first-order chi connectivity index (χ1) is 8.69. The minimum absolute atomic E-state index is 0.319. The van der Waals surface area contributed by atoms with Gasteiger partial charge in [0.05, 0.1) is 6.54 Å².